The molecule has 0 spiro atoms. The van der Waals surface area contributed by atoms with Gasteiger partial charge in [0.1, 0.15) is 17.3 Å². The molecule has 7 heteroatoms. The van der Waals surface area contributed by atoms with Crippen molar-refractivity contribution < 1.29 is 22.0 Å². The summed E-state index contributed by atoms with van der Waals surface area (Å²) in [6.07, 6.45) is 0. The van der Waals surface area contributed by atoms with Gasteiger partial charge in [0.2, 0.25) is 0 Å². The van der Waals surface area contributed by atoms with Crippen LogP contribution in [0.3, 0.4) is 0 Å². The maximum atomic E-state index is 13.4. The van der Waals surface area contributed by atoms with Crippen LogP contribution in [0.4, 0.5) is 27.6 Å². The number of anilines is 1. The molecule has 1 nitrogen and oxygen atoms in total. The summed E-state index contributed by atoms with van der Waals surface area (Å²) in [5.74, 6) is -1.45. The molecule has 0 fully saturated rings. The predicted molar refractivity (Wildman–Crippen MR) is 72.0 cm³/mol. The van der Waals surface area contributed by atoms with Gasteiger partial charge in [-0.05, 0) is 41.6 Å². The normalized spacial score (nSPS) is 11.5. The minimum Gasteiger partial charge on any atom is -0.376 e. The van der Waals surface area contributed by atoms with Crippen molar-refractivity contribution in [1.29, 1.82) is 0 Å². The lowest BCUT2D eigenvalue weighted by molar-refractivity contribution is -0.0328. The van der Waals surface area contributed by atoms with Gasteiger partial charge >= 0.3 is 5.51 Å². The Kier molecular flexibility index (Phi) is 4.72. The zero-order valence-corrected chi connectivity index (χ0v) is 11.4. The number of nitrogens with one attached hydrogen (secondary N) is 1. The van der Waals surface area contributed by atoms with E-state index in [0.29, 0.717) is 5.56 Å². The van der Waals surface area contributed by atoms with E-state index in [9.17, 15) is 22.0 Å². The molecule has 2 aromatic carbocycles. The molecule has 0 unspecified atom stereocenters. The van der Waals surface area contributed by atoms with E-state index in [1.165, 1.54) is 30.3 Å². The molecule has 0 bridgehead atoms. The van der Waals surface area contributed by atoms with Crippen molar-refractivity contribution in [2.75, 3.05) is 5.32 Å². The highest BCUT2D eigenvalue weighted by Gasteiger charge is 2.28. The van der Waals surface area contributed by atoms with Crippen LogP contribution < -0.4 is 5.32 Å². The average Bonchev–Trinajstić information content (AvgIpc) is 2.38. The van der Waals surface area contributed by atoms with Gasteiger partial charge in [0.05, 0.1) is 0 Å². The van der Waals surface area contributed by atoms with Gasteiger partial charge in [-0.1, -0.05) is 18.2 Å². The highest BCUT2D eigenvalue weighted by Crippen LogP contribution is 2.36. The van der Waals surface area contributed by atoms with E-state index in [1.807, 2.05) is 0 Å². The minimum atomic E-state index is -4.34. The zero-order valence-electron chi connectivity index (χ0n) is 10.5. The van der Waals surface area contributed by atoms with Gasteiger partial charge in [-0.3, -0.25) is 0 Å². The number of benzene rings is 2. The molecular formula is C14H10F5NS. The van der Waals surface area contributed by atoms with Crippen LogP contribution in [0.5, 0.6) is 0 Å². The maximum absolute atomic E-state index is 13.4. The van der Waals surface area contributed by atoms with Crippen LogP contribution in [-0.2, 0) is 6.54 Å². The predicted octanol–water partition coefficient (Wildman–Crippen LogP) is 5.19. The molecule has 0 saturated carbocycles. The summed E-state index contributed by atoms with van der Waals surface area (Å²) < 4.78 is 63.2. The summed E-state index contributed by atoms with van der Waals surface area (Å²) in [5, 5.41) is 2.59. The average molecular weight is 319 g/mol. The Morgan fingerprint density at radius 2 is 1.48 bits per heavy atom. The van der Waals surface area contributed by atoms with Crippen LogP contribution in [0.2, 0.25) is 0 Å². The molecule has 0 aliphatic heterocycles. The first kappa shape index (κ1) is 15.6. The molecule has 0 aromatic heterocycles. The third-order valence-electron chi connectivity index (χ3n) is 2.59. The van der Waals surface area contributed by atoms with Crippen LogP contribution in [-0.4, -0.2) is 5.51 Å². The molecule has 0 aliphatic rings. The summed E-state index contributed by atoms with van der Waals surface area (Å²) in [5.41, 5.74) is -3.98. The Hall–Kier alpha value is -1.76. The van der Waals surface area contributed by atoms with E-state index < -0.39 is 17.1 Å². The molecule has 0 aliphatic carbocycles. The molecule has 21 heavy (non-hydrogen) atoms. The monoisotopic (exact) mass is 319 g/mol. The van der Waals surface area contributed by atoms with Gasteiger partial charge < -0.3 is 5.32 Å². The van der Waals surface area contributed by atoms with E-state index in [4.69, 9.17) is 0 Å². The summed E-state index contributed by atoms with van der Waals surface area (Å²) in [7, 11) is 0. The molecule has 0 amide bonds. The standard InChI is InChI=1S/C14H10F5NS/c15-11-2-1-3-12(16)13(11)20-8-9-4-6-10(7-5-9)21-14(17,18)19/h1-7,20H,8H2. The van der Waals surface area contributed by atoms with Gasteiger partial charge in [-0.2, -0.15) is 13.2 Å². The van der Waals surface area contributed by atoms with E-state index in [1.54, 1.807) is 0 Å². The second-order valence-corrected chi connectivity index (χ2v) is 5.28. The molecule has 0 heterocycles. The second-order valence-electron chi connectivity index (χ2n) is 4.14. The van der Waals surface area contributed by atoms with Crippen molar-refractivity contribution in [2.24, 2.45) is 0 Å². The number of hydrogen-bond acceptors (Lipinski definition) is 2. The second kappa shape index (κ2) is 6.34. The lowest BCUT2D eigenvalue weighted by Crippen LogP contribution is -2.04. The lowest BCUT2D eigenvalue weighted by Gasteiger charge is -2.10. The Bertz CT molecular complexity index is 590. The summed E-state index contributed by atoms with van der Waals surface area (Å²) in [6.45, 7) is 0.106. The highest BCUT2D eigenvalue weighted by molar-refractivity contribution is 8.00. The molecule has 1 N–H and O–H groups in total. The molecule has 112 valence electrons. The first-order chi connectivity index (χ1) is 9.85. The number of alkyl halides is 3. The molecule has 2 rings (SSSR count). The quantitative estimate of drug-likeness (QED) is 0.615. The fraction of sp³-hybridized carbons (Fsp3) is 0.143. The number of thioether (sulfide) groups is 1. The van der Waals surface area contributed by atoms with E-state index in [2.05, 4.69) is 5.32 Å². The number of halogens is 5. The highest BCUT2D eigenvalue weighted by atomic mass is 32.2. The van der Waals surface area contributed by atoms with Crippen molar-refractivity contribution in [3.05, 3.63) is 59.7 Å². The van der Waals surface area contributed by atoms with Crippen LogP contribution in [0, 0.1) is 11.6 Å². The number of rotatable bonds is 4. The summed E-state index contributed by atoms with van der Waals surface area (Å²) in [4.78, 5) is 0.0586. The van der Waals surface area contributed by atoms with Crippen LogP contribution in [0.15, 0.2) is 47.4 Å². The van der Waals surface area contributed by atoms with Crippen LogP contribution >= 0.6 is 11.8 Å². The van der Waals surface area contributed by atoms with E-state index >= 15 is 0 Å². The first-order valence-corrected chi connectivity index (χ1v) is 6.69. The first-order valence-electron chi connectivity index (χ1n) is 5.88. The van der Waals surface area contributed by atoms with Gasteiger partial charge in [0, 0.05) is 11.4 Å². The Morgan fingerprint density at radius 1 is 0.905 bits per heavy atom. The van der Waals surface area contributed by atoms with Gasteiger partial charge in [-0.25, -0.2) is 8.78 Å². The van der Waals surface area contributed by atoms with E-state index in [-0.39, 0.29) is 28.9 Å². The third-order valence-corrected chi connectivity index (χ3v) is 3.33. The van der Waals surface area contributed by atoms with Gasteiger partial charge in [0.25, 0.3) is 0 Å². The fourth-order valence-electron chi connectivity index (χ4n) is 1.67. The van der Waals surface area contributed by atoms with Crippen molar-refractivity contribution in [3.63, 3.8) is 0 Å². The Labute approximate surface area is 122 Å². The van der Waals surface area contributed by atoms with Crippen molar-refractivity contribution in [2.45, 2.75) is 16.9 Å². The topological polar surface area (TPSA) is 12.0 Å². The number of hydrogen-bond donors (Lipinski definition) is 1. The summed E-state index contributed by atoms with van der Waals surface area (Å²) >= 11 is -0.212. The number of para-hydroxylation sites is 1. The Balaban J connectivity index is 2.01. The van der Waals surface area contributed by atoms with Crippen molar-refractivity contribution >= 4 is 17.4 Å². The summed E-state index contributed by atoms with van der Waals surface area (Å²) in [6, 6.07) is 9.06. The van der Waals surface area contributed by atoms with Gasteiger partial charge in [0.15, 0.2) is 0 Å². The minimum absolute atomic E-state index is 0.0586. The molecule has 0 radical (unpaired) electrons. The van der Waals surface area contributed by atoms with E-state index in [0.717, 1.165) is 12.1 Å². The SMILES string of the molecule is Fc1cccc(F)c1NCc1ccc(SC(F)(F)F)cc1. The third kappa shape index (κ3) is 4.63. The molecular weight excluding hydrogens is 309 g/mol. The molecule has 0 atom stereocenters. The molecule has 0 saturated heterocycles. The zero-order chi connectivity index (χ0) is 15.5. The maximum Gasteiger partial charge on any atom is 0.446 e. The van der Waals surface area contributed by atoms with Crippen molar-refractivity contribution in [3.8, 4) is 0 Å². The largest absolute Gasteiger partial charge is 0.446 e. The Morgan fingerprint density at radius 3 is 2.00 bits per heavy atom. The fourth-order valence-corrected chi connectivity index (χ4v) is 2.21. The van der Waals surface area contributed by atoms with Crippen LogP contribution in [0.25, 0.3) is 0 Å². The molecule has 2 aromatic rings. The van der Waals surface area contributed by atoms with Crippen molar-refractivity contribution in [1.82, 2.24) is 0 Å². The van der Waals surface area contributed by atoms with Gasteiger partial charge in [-0.15, -0.1) is 0 Å². The smallest absolute Gasteiger partial charge is 0.376 e. The van der Waals surface area contributed by atoms with Crippen LogP contribution in [0.1, 0.15) is 5.56 Å². The lowest BCUT2D eigenvalue weighted by atomic mass is 10.2.